The molecule has 0 radical (unpaired) electrons. The van der Waals surface area contributed by atoms with Gasteiger partial charge in [-0.05, 0) is 13.8 Å². The van der Waals surface area contributed by atoms with Crippen LogP contribution < -0.4 is 5.32 Å². The fraction of sp³-hybridized carbons (Fsp3) is 0.444. The van der Waals surface area contributed by atoms with Gasteiger partial charge in [-0.15, -0.1) is 0 Å². The Morgan fingerprint density at radius 1 is 1.25 bits per heavy atom. The summed E-state index contributed by atoms with van der Waals surface area (Å²) in [6, 6.07) is 11.3. The Balaban J connectivity index is 1.60. The SMILES string of the molecule is CC(C)(CNC(=O)c1cc(-c2ccccc2)on1)N1CCOCC1. The van der Waals surface area contributed by atoms with Gasteiger partial charge >= 0.3 is 0 Å². The van der Waals surface area contributed by atoms with Crippen molar-refractivity contribution in [1.29, 1.82) is 0 Å². The lowest BCUT2D eigenvalue weighted by molar-refractivity contribution is -0.00925. The van der Waals surface area contributed by atoms with Crippen LogP contribution in [0.15, 0.2) is 40.9 Å². The number of hydrogen-bond acceptors (Lipinski definition) is 5. The van der Waals surface area contributed by atoms with Gasteiger partial charge < -0.3 is 14.6 Å². The molecule has 0 unspecified atom stereocenters. The van der Waals surface area contributed by atoms with Crippen molar-refractivity contribution in [3.63, 3.8) is 0 Å². The van der Waals surface area contributed by atoms with Crippen LogP contribution in [0.4, 0.5) is 0 Å². The third-order valence-electron chi connectivity index (χ3n) is 4.35. The predicted molar refractivity (Wildman–Crippen MR) is 90.7 cm³/mol. The fourth-order valence-corrected chi connectivity index (χ4v) is 2.79. The van der Waals surface area contributed by atoms with Crippen LogP contribution >= 0.6 is 0 Å². The molecule has 0 saturated carbocycles. The number of carbonyl (C=O) groups is 1. The van der Waals surface area contributed by atoms with Crippen LogP contribution in [-0.4, -0.2) is 54.4 Å². The average molecular weight is 329 g/mol. The van der Waals surface area contributed by atoms with E-state index in [2.05, 4.69) is 29.2 Å². The van der Waals surface area contributed by atoms with Crippen molar-refractivity contribution >= 4 is 5.91 Å². The van der Waals surface area contributed by atoms with Crippen LogP contribution in [0.2, 0.25) is 0 Å². The van der Waals surface area contributed by atoms with Gasteiger partial charge in [0.2, 0.25) is 0 Å². The van der Waals surface area contributed by atoms with Crippen molar-refractivity contribution in [2.24, 2.45) is 0 Å². The maximum Gasteiger partial charge on any atom is 0.273 e. The molecule has 0 bridgehead atoms. The number of hydrogen-bond donors (Lipinski definition) is 1. The van der Waals surface area contributed by atoms with E-state index in [0.717, 1.165) is 31.9 Å². The molecule has 1 fully saturated rings. The van der Waals surface area contributed by atoms with E-state index in [4.69, 9.17) is 9.26 Å². The molecule has 3 rings (SSSR count). The number of amides is 1. The molecule has 1 aromatic heterocycles. The molecular formula is C18H23N3O3. The molecule has 1 saturated heterocycles. The van der Waals surface area contributed by atoms with E-state index >= 15 is 0 Å². The minimum Gasteiger partial charge on any atom is -0.379 e. The first-order valence-corrected chi connectivity index (χ1v) is 8.19. The second kappa shape index (κ2) is 7.15. The van der Waals surface area contributed by atoms with E-state index < -0.39 is 0 Å². The van der Waals surface area contributed by atoms with Crippen molar-refractivity contribution in [2.75, 3.05) is 32.8 Å². The molecule has 1 N–H and O–H groups in total. The Morgan fingerprint density at radius 3 is 2.67 bits per heavy atom. The highest BCUT2D eigenvalue weighted by Gasteiger charge is 2.29. The van der Waals surface area contributed by atoms with Crippen LogP contribution in [0.5, 0.6) is 0 Å². The van der Waals surface area contributed by atoms with Gasteiger partial charge in [0.05, 0.1) is 13.2 Å². The Kier molecular flexibility index (Phi) is 4.97. The highest BCUT2D eigenvalue weighted by atomic mass is 16.5. The van der Waals surface area contributed by atoms with E-state index in [0.29, 0.717) is 18.0 Å². The third kappa shape index (κ3) is 3.83. The first-order chi connectivity index (χ1) is 11.6. The molecule has 24 heavy (non-hydrogen) atoms. The topological polar surface area (TPSA) is 67.6 Å². The summed E-state index contributed by atoms with van der Waals surface area (Å²) in [6.45, 7) is 8.02. The van der Waals surface area contributed by atoms with Gasteiger partial charge in [0.15, 0.2) is 11.5 Å². The lowest BCUT2D eigenvalue weighted by Crippen LogP contribution is -2.55. The molecule has 1 amide bonds. The van der Waals surface area contributed by atoms with Gasteiger partial charge in [-0.25, -0.2) is 0 Å². The minimum atomic E-state index is -0.220. The van der Waals surface area contributed by atoms with Gasteiger partial charge in [0, 0.05) is 36.8 Å². The summed E-state index contributed by atoms with van der Waals surface area (Å²) >= 11 is 0. The number of ether oxygens (including phenoxy) is 1. The number of morpholine rings is 1. The molecule has 2 heterocycles. The highest BCUT2D eigenvalue weighted by molar-refractivity contribution is 5.93. The Morgan fingerprint density at radius 2 is 1.96 bits per heavy atom. The Labute approximate surface area is 141 Å². The summed E-state index contributed by atoms with van der Waals surface area (Å²) < 4.78 is 10.7. The van der Waals surface area contributed by atoms with Crippen LogP contribution in [0, 0.1) is 0 Å². The number of nitrogens with one attached hydrogen (secondary N) is 1. The average Bonchev–Trinajstić information content (AvgIpc) is 3.11. The van der Waals surface area contributed by atoms with Crippen molar-refractivity contribution in [2.45, 2.75) is 19.4 Å². The van der Waals surface area contributed by atoms with Crippen LogP contribution in [0.25, 0.3) is 11.3 Å². The highest BCUT2D eigenvalue weighted by Crippen LogP contribution is 2.20. The van der Waals surface area contributed by atoms with Crippen LogP contribution in [-0.2, 0) is 4.74 Å². The zero-order valence-corrected chi connectivity index (χ0v) is 14.1. The molecule has 0 spiro atoms. The Bertz CT molecular complexity index is 676. The molecule has 1 aliphatic heterocycles. The zero-order chi connectivity index (χ0) is 17.0. The summed E-state index contributed by atoms with van der Waals surface area (Å²) in [5.41, 5.74) is 1.06. The first-order valence-electron chi connectivity index (χ1n) is 8.19. The Hall–Kier alpha value is -2.18. The van der Waals surface area contributed by atoms with Crippen molar-refractivity contribution < 1.29 is 14.1 Å². The first kappa shape index (κ1) is 16.7. The van der Waals surface area contributed by atoms with Crippen molar-refractivity contribution in [3.05, 3.63) is 42.1 Å². The van der Waals surface area contributed by atoms with Crippen LogP contribution in [0.3, 0.4) is 0 Å². The monoisotopic (exact) mass is 329 g/mol. The maximum absolute atomic E-state index is 12.3. The molecule has 1 aliphatic rings. The van der Waals surface area contributed by atoms with Gasteiger partial charge in [0.25, 0.3) is 5.91 Å². The van der Waals surface area contributed by atoms with Gasteiger partial charge in [-0.2, -0.15) is 0 Å². The predicted octanol–water partition coefficient (Wildman–Crippen LogP) is 2.18. The van der Waals surface area contributed by atoms with E-state index in [1.54, 1.807) is 6.07 Å². The smallest absolute Gasteiger partial charge is 0.273 e. The molecule has 128 valence electrons. The second-order valence-electron chi connectivity index (χ2n) is 6.54. The quantitative estimate of drug-likeness (QED) is 0.911. The summed E-state index contributed by atoms with van der Waals surface area (Å²) in [6.07, 6.45) is 0. The number of rotatable bonds is 5. The molecule has 0 aliphatic carbocycles. The van der Waals surface area contributed by atoms with Gasteiger partial charge in [-0.3, -0.25) is 9.69 Å². The fourth-order valence-electron chi connectivity index (χ4n) is 2.79. The molecule has 2 aromatic rings. The van der Waals surface area contributed by atoms with Crippen molar-refractivity contribution in [1.82, 2.24) is 15.4 Å². The summed E-state index contributed by atoms with van der Waals surface area (Å²) in [7, 11) is 0. The zero-order valence-electron chi connectivity index (χ0n) is 14.1. The molecule has 1 aromatic carbocycles. The number of carbonyl (C=O) groups excluding carboxylic acids is 1. The summed E-state index contributed by atoms with van der Waals surface area (Å²) in [4.78, 5) is 14.7. The van der Waals surface area contributed by atoms with Crippen molar-refractivity contribution in [3.8, 4) is 11.3 Å². The molecule has 6 heteroatoms. The van der Waals surface area contributed by atoms with E-state index in [-0.39, 0.29) is 11.4 Å². The molecular weight excluding hydrogens is 306 g/mol. The maximum atomic E-state index is 12.3. The van der Waals surface area contributed by atoms with Gasteiger partial charge in [-0.1, -0.05) is 35.5 Å². The standard InChI is InChI=1S/C18H23N3O3/c1-18(2,21-8-10-23-11-9-21)13-19-17(22)15-12-16(24-20-15)14-6-4-3-5-7-14/h3-7,12H,8-11,13H2,1-2H3,(H,19,22). The largest absolute Gasteiger partial charge is 0.379 e. The normalized spacial score (nSPS) is 16.1. The lowest BCUT2D eigenvalue weighted by atomic mass is 10.0. The number of aromatic nitrogens is 1. The van der Waals surface area contributed by atoms with Crippen LogP contribution in [0.1, 0.15) is 24.3 Å². The molecule has 6 nitrogen and oxygen atoms in total. The van der Waals surface area contributed by atoms with E-state index in [1.807, 2.05) is 30.3 Å². The third-order valence-corrected chi connectivity index (χ3v) is 4.35. The number of nitrogens with zero attached hydrogens (tertiary/aromatic N) is 2. The van der Waals surface area contributed by atoms with Gasteiger partial charge in [0.1, 0.15) is 0 Å². The second-order valence-corrected chi connectivity index (χ2v) is 6.54. The molecule has 0 atom stereocenters. The minimum absolute atomic E-state index is 0.133. The summed E-state index contributed by atoms with van der Waals surface area (Å²) in [5, 5.41) is 6.84. The lowest BCUT2D eigenvalue weighted by Gasteiger charge is -2.40. The summed E-state index contributed by atoms with van der Waals surface area (Å²) in [5.74, 6) is 0.371. The van der Waals surface area contributed by atoms with E-state index in [9.17, 15) is 4.79 Å². The number of benzene rings is 1. The van der Waals surface area contributed by atoms with E-state index in [1.165, 1.54) is 0 Å².